The standard InChI is InChI=1S/C16H13FO3/c17-12-4-1-3-11(9-12)10-14(18)13-5-2-6-15-16(13)20-8-7-19-15/h1-6,9H,7-8,10H2. The van der Waals surface area contributed by atoms with E-state index in [9.17, 15) is 9.18 Å². The number of fused-ring (bicyclic) bond motifs is 1. The number of hydrogen-bond donors (Lipinski definition) is 0. The third-order valence-electron chi connectivity index (χ3n) is 3.12. The summed E-state index contributed by atoms with van der Waals surface area (Å²) < 4.78 is 24.1. The molecule has 3 nitrogen and oxygen atoms in total. The van der Waals surface area contributed by atoms with Crippen molar-refractivity contribution in [1.29, 1.82) is 0 Å². The summed E-state index contributed by atoms with van der Waals surface area (Å²) in [4.78, 5) is 12.3. The predicted molar refractivity (Wildman–Crippen MR) is 71.9 cm³/mol. The summed E-state index contributed by atoms with van der Waals surface area (Å²) in [6.45, 7) is 0.909. The average Bonchev–Trinajstić information content (AvgIpc) is 2.46. The zero-order valence-corrected chi connectivity index (χ0v) is 10.8. The van der Waals surface area contributed by atoms with Crippen molar-refractivity contribution in [1.82, 2.24) is 0 Å². The highest BCUT2D eigenvalue weighted by atomic mass is 19.1. The van der Waals surface area contributed by atoms with Crippen LogP contribution in [0, 0.1) is 5.82 Å². The Labute approximate surface area is 115 Å². The van der Waals surface area contributed by atoms with Gasteiger partial charge in [0.25, 0.3) is 0 Å². The van der Waals surface area contributed by atoms with E-state index < -0.39 is 0 Å². The van der Waals surface area contributed by atoms with Crippen LogP contribution in [0.25, 0.3) is 0 Å². The molecule has 1 aliphatic rings. The Morgan fingerprint density at radius 1 is 1.10 bits per heavy atom. The molecule has 0 bridgehead atoms. The first-order valence-electron chi connectivity index (χ1n) is 6.40. The Bertz CT molecular complexity index is 652. The second kappa shape index (κ2) is 5.33. The van der Waals surface area contributed by atoms with Crippen LogP contribution in [0.5, 0.6) is 11.5 Å². The van der Waals surface area contributed by atoms with Crippen molar-refractivity contribution in [2.24, 2.45) is 0 Å². The van der Waals surface area contributed by atoms with Crippen LogP contribution in [-0.4, -0.2) is 19.0 Å². The number of ketones is 1. The molecule has 0 radical (unpaired) electrons. The molecule has 0 aliphatic carbocycles. The number of hydrogen-bond acceptors (Lipinski definition) is 3. The highest BCUT2D eigenvalue weighted by Gasteiger charge is 2.20. The molecule has 20 heavy (non-hydrogen) atoms. The summed E-state index contributed by atoms with van der Waals surface area (Å²) in [7, 11) is 0. The van der Waals surface area contributed by atoms with Gasteiger partial charge in [-0.05, 0) is 29.8 Å². The zero-order valence-electron chi connectivity index (χ0n) is 10.8. The van der Waals surface area contributed by atoms with E-state index in [2.05, 4.69) is 0 Å². The van der Waals surface area contributed by atoms with Gasteiger partial charge < -0.3 is 9.47 Å². The van der Waals surface area contributed by atoms with Crippen molar-refractivity contribution >= 4 is 5.78 Å². The van der Waals surface area contributed by atoms with Crippen molar-refractivity contribution < 1.29 is 18.7 Å². The van der Waals surface area contributed by atoms with Crippen molar-refractivity contribution in [2.45, 2.75) is 6.42 Å². The number of carbonyl (C=O) groups is 1. The quantitative estimate of drug-likeness (QED) is 0.806. The van der Waals surface area contributed by atoms with Gasteiger partial charge in [0, 0.05) is 6.42 Å². The third-order valence-corrected chi connectivity index (χ3v) is 3.12. The van der Waals surface area contributed by atoms with E-state index in [1.807, 2.05) is 0 Å². The molecular weight excluding hydrogens is 259 g/mol. The lowest BCUT2D eigenvalue weighted by atomic mass is 10.0. The second-order valence-electron chi connectivity index (χ2n) is 4.56. The van der Waals surface area contributed by atoms with Gasteiger partial charge in [0.15, 0.2) is 17.3 Å². The lowest BCUT2D eigenvalue weighted by Crippen LogP contribution is -2.18. The van der Waals surface area contributed by atoms with E-state index in [1.54, 1.807) is 30.3 Å². The van der Waals surface area contributed by atoms with Crippen LogP contribution in [0.3, 0.4) is 0 Å². The number of para-hydroxylation sites is 1. The predicted octanol–water partition coefficient (Wildman–Crippen LogP) is 3.02. The first-order chi connectivity index (χ1) is 9.74. The zero-order chi connectivity index (χ0) is 13.9. The molecule has 0 saturated heterocycles. The molecule has 0 atom stereocenters. The minimum absolute atomic E-state index is 0.113. The molecule has 2 aromatic rings. The number of rotatable bonds is 3. The lowest BCUT2D eigenvalue weighted by molar-refractivity contribution is 0.0981. The van der Waals surface area contributed by atoms with Gasteiger partial charge in [-0.3, -0.25) is 4.79 Å². The maximum atomic E-state index is 13.1. The minimum Gasteiger partial charge on any atom is -0.486 e. The Morgan fingerprint density at radius 2 is 1.90 bits per heavy atom. The Kier molecular flexibility index (Phi) is 3.37. The van der Waals surface area contributed by atoms with Gasteiger partial charge in [0.05, 0.1) is 5.56 Å². The van der Waals surface area contributed by atoms with Gasteiger partial charge in [-0.15, -0.1) is 0 Å². The van der Waals surface area contributed by atoms with Gasteiger partial charge >= 0.3 is 0 Å². The fourth-order valence-corrected chi connectivity index (χ4v) is 2.22. The van der Waals surface area contributed by atoms with Gasteiger partial charge in [0.1, 0.15) is 19.0 Å². The Hall–Kier alpha value is -2.36. The molecule has 0 fully saturated rings. The van der Waals surface area contributed by atoms with E-state index >= 15 is 0 Å². The molecule has 0 unspecified atom stereocenters. The fourth-order valence-electron chi connectivity index (χ4n) is 2.22. The van der Waals surface area contributed by atoms with E-state index in [1.165, 1.54) is 12.1 Å². The van der Waals surface area contributed by atoms with Crippen LogP contribution >= 0.6 is 0 Å². The molecule has 102 valence electrons. The molecule has 0 aromatic heterocycles. The van der Waals surface area contributed by atoms with Crippen LogP contribution in [0.2, 0.25) is 0 Å². The normalized spacial score (nSPS) is 13.1. The molecular formula is C16H13FO3. The molecule has 1 heterocycles. The van der Waals surface area contributed by atoms with Gasteiger partial charge in [-0.1, -0.05) is 18.2 Å². The first-order valence-corrected chi connectivity index (χ1v) is 6.40. The van der Waals surface area contributed by atoms with Crippen LogP contribution in [-0.2, 0) is 6.42 Å². The highest BCUT2D eigenvalue weighted by Crippen LogP contribution is 2.34. The van der Waals surface area contributed by atoms with Crippen molar-refractivity contribution in [3.05, 3.63) is 59.4 Å². The molecule has 4 heteroatoms. The van der Waals surface area contributed by atoms with E-state index in [-0.39, 0.29) is 18.0 Å². The Morgan fingerprint density at radius 3 is 2.75 bits per heavy atom. The minimum atomic E-state index is -0.343. The maximum absolute atomic E-state index is 13.1. The fraction of sp³-hybridized carbons (Fsp3) is 0.188. The van der Waals surface area contributed by atoms with Gasteiger partial charge in [-0.25, -0.2) is 4.39 Å². The number of halogens is 1. The van der Waals surface area contributed by atoms with E-state index in [0.29, 0.717) is 35.8 Å². The van der Waals surface area contributed by atoms with Crippen LogP contribution in [0.4, 0.5) is 4.39 Å². The number of benzene rings is 2. The van der Waals surface area contributed by atoms with E-state index in [4.69, 9.17) is 9.47 Å². The summed E-state index contributed by atoms with van der Waals surface area (Å²) in [6, 6.07) is 11.3. The van der Waals surface area contributed by atoms with Crippen LogP contribution in [0.1, 0.15) is 15.9 Å². The van der Waals surface area contributed by atoms with E-state index in [0.717, 1.165) is 0 Å². The van der Waals surface area contributed by atoms with Gasteiger partial charge in [-0.2, -0.15) is 0 Å². The number of Topliss-reactive ketones (excluding diaryl/α,β-unsaturated/α-hetero) is 1. The molecule has 0 N–H and O–H groups in total. The summed E-state index contributed by atoms with van der Waals surface area (Å²) in [5.41, 5.74) is 1.12. The summed E-state index contributed by atoms with van der Waals surface area (Å²) in [6.07, 6.45) is 0.136. The highest BCUT2D eigenvalue weighted by molar-refractivity contribution is 6.00. The summed E-state index contributed by atoms with van der Waals surface area (Å²) in [5, 5.41) is 0. The SMILES string of the molecule is O=C(Cc1cccc(F)c1)c1cccc2c1OCCO2. The monoisotopic (exact) mass is 272 g/mol. The number of carbonyl (C=O) groups excluding carboxylic acids is 1. The topological polar surface area (TPSA) is 35.5 Å². The van der Waals surface area contributed by atoms with Crippen molar-refractivity contribution in [2.75, 3.05) is 13.2 Å². The Balaban J connectivity index is 1.88. The number of ether oxygens (including phenoxy) is 2. The largest absolute Gasteiger partial charge is 0.486 e. The maximum Gasteiger partial charge on any atom is 0.172 e. The summed E-state index contributed by atoms with van der Waals surface area (Å²) >= 11 is 0. The first kappa shape index (κ1) is 12.7. The molecule has 1 aliphatic heterocycles. The lowest BCUT2D eigenvalue weighted by Gasteiger charge is -2.20. The molecule has 2 aromatic carbocycles. The van der Waals surface area contributed by atoms with Crippen molar-refractivity contribution in [3.63, 3.8) is 0 Å². The second-order valence-corrected chi connectivity index (χ2v) is 4.56. The molecule has 0 saturated carbocycles. The van der Waals surface area contributed by atoms with Gasteiger partial charge in [0.2, 0.25) is 0 Å². The smallest absolute Gasteiger partial charge is 0.172 e. The molecule has 0 amide bonds. The van der Waals surface area contributed by atoms with Crippen molar-refractivity contribution in [3.8, 4) is 11.5 Å². The molecule has 0 spiro atoms. The summed E-state index contributed by atoms with van der Waals surface area (Å²) in [5.74, 6) is 0.615. The average molecular weight is 272 g/mol. The molecule has 3 rings (SSSR count). The van der Waals surface area contributed by atoms with Crippen LogP contribution in [0.15, 0.2) is 42.5 Å². The van der Waals surface area contributed by atoms with Crippen LogP contribution < -0.4 is 9.47 Å². The third kappa shape index (κ3) is 2.50.